The van der Waals surface area contributed by atoms with Gasteiger partial charge in [-0.15, -0.1) is 21.5 Å². The normalized spacial score (nSPS) is 10.8. The van der Waals surface area contributed by atoms with Gasteiger partial charge in [0, 0.05) is 23.0 Å². The summed E-state index contributed by atoms with van der Waals surface area (Å²) in [5, 5.41) is 14.4. The first-order valence-corrected chi connectivity index (χ1v) is 9.99. The van der Waals surface area contributed by atoms with Crippen molar-refractivity contribution in [2.75, 3.05) is 5.75 Å². The van der Waals surface area contributed by atoms with E-state index in [0.717, 1.165) is 23.7 Å². The molecule has 0 aliphatic heterocycles. The molecule has 1 aromatic carbocycles. The molecule has 2 heterocycles. The molecular formula is C17H17ClN4OS2. The van der Waals surface area contributed by atoms with E-state index in [2.05, 4.69) is 27.0 Å². The van der Waals surface area contributed by atoms with Gasteiger partial charge in [-0.05, 0) is 35.6 Å². The SMILES string of the molecule is O=C(CSc1nncn1CCc1cccs1)NCc1cccc(Cl)c1. The summed E-state index contributed by atoms with van der Waals surface area (Å²) in [5.41, 5.74) is 0.977. The van der Waals surface area contributed by atoms with Gasteiger partial charge in [0.2, 0.25) is 5.91 Å². The number of rotatable bonds is 8. The van der Waals surface area contributed by atoms with Gasteiger partial charge in [0.1, 0.15) is 6.33 Å². The van der Waals surface area contributed by atoms with Gasteiger partial charge in [-0.25, -0.2) is 0 Å². The summed E-state index contributed by atoms with van der Waals surface area (Å²) < 4.78 is 1.98. The molecule has 0 bridgehead atoms. The van der Waals surface area contributed by atoms with Crippen molar-refractivity contribution >= 4 is 40.6 Å². The molecule has 8 heteroatoms. The number of nitrogens with zero attached hydrogens (tertiary/aromatic N) is 3. The molecule has 0 saturated heterocycles. The van der Waals surface area contributed by atoms with E-state index >= 15 is 0 Å². The van der Waals surface area contributed by atoms with Crippen molar-refractivity contribution in [3.8, 4) is 0 Å². The molecule has 0 saturated carbocycles. The van der Waals surface area contributed by atoms with Crippen LogP contribution in [0, 0.1) is 0 Å². The van der Waals surface area contributed by atoms with Crippen LogP contribution in [0.1, 0.15) is 10.4 Å². The van der Waals surface area contributed by atoms with Gasteiger partial charge in [-0.1, -0.05) is 41.6 Å². The number of thioether (sulfide) groups is 1. The fourth-order valence-electron chi connectivity index (χ4n) is 2.22. The van der Waals surface area contributed by atoms with Crippen molar-refractivity contribution < 1.29 is 4.79 Å². The van der Waals surface area contributed by atoms with E-state index in [1.807, 2.05) is 34.9 Å². The van der Waals surface area contributed by atoms with E-state index < -0.39 is 0 Å². The highest BCUT2D eigenvalue weighted by atomic mass is 35.5. The fraction of sp³-hybridized carbons (Fsp3) is 0.235. The van der Waals surface area contributed by atoms with E-state index in [0.29, 0.717) is 17.3 Å². The lowest BCUT2D eigenvalue weighted by molar-refractivity contribution is -0.118. The van der Waals surface area contributed by atoms with Crippen molar-refractivity contribution in [1.82, 2.24) is 20.1 Å². The average molecular weight is 393 g/mol. The Labute approximate surface area is 159 Å². The van der Waals surface area contributed by atoms with E-state index in [9.17, 15) is 4.79 Å². The van der Waals surface area contributed by atoms with Crippen molar-refractivity contribution in [1.29, 1.82) is 0 Å². The highest BCUT2D eigenvalue weighted by Crippen LogP contribution is 2.17. The minimum Gasteiger partial charge on any atom is -0.351 e. The van der Waals surface area contributed by atoms with E-state index in [-0.39, 0.29) is 5.91 Å². The van der Waals surface area contributed by atoms with E-state index in [4.69, 9.17) is 11.6 Å². The zero-order valence-corrected chi connectivity index (χ0v) is 15.8. The van der Waals surface area contributed by atoms with Crippen LogP contribution in [0.3, 0.4) is 0 Å². The van der Waals surface area contributed by atoms with E-state index in [1.54, 1.807) is 17.7 Å². The number of aromatic nitrogens is 3. The molecule has 0 aliphatic carbocycles. The average Bonchev–Trinajstić information content (AvgIpc) is 3.27. The second-order valence-electron chi connectivity index (χ2n) is 5.33. The van der Waals surface area contributed by atoms with Crippen molar-refractivity contribution in [3.05, 3.63) is 63.6 Å². The highest BCUT2D eigenvalue weighted by molar-refractivity contribution is 7.99. The van der Waals surface area contributed by atoms with Crippen LogP contribution in [0.2, 0.25) is 5.02 Å². The molecule has 0 spiro atoms. The largest absolute Gasteiger partial charge is 0.351 e. The Balaban J connectivity index is 1.45. The van der Waals surface area contributed by atoms with Crippen LogP contribution in [0.25, 0.3) is 0 Å². The van der Waals surface area contributed by atoms with Gasteiger partial charge in [0.05, 0.1) is 5.75 Å². The van der Waals surface area contributed by atoms with Gasteiger partial charge in [0.25, 0.3) is 0 Å². The summed E-state index contributed by atoms with van der Waals surface area (Å²) in [5.74, 6) is 0.260. The van der Waals surface area contributed by atoms with Crippen LogP contribution in [0.15, 0.2) is 53.3 Å². The summed E-state index contributed by atoms with van der Waals surface area (Å²) in [6, 6.07) is 11.6. The first-order chi connectivity index (χ1) is 12.2. The lowest BCUT2D eigenvalue weighted by atomic mass is 10.2. The molecular weight excluding hydrogens is 376 g/mol. The number of halogens is 1. The summed E-state index contributed by atoms with van der Waals surface area (Å²) in [4.78, 5) is 13.4. The standard InChI is InChI=1S/C17H17ClN4OS2/c18-14-4-1-3-13(9-14)10-19-16(23)11-25-17-21-20-12-22(17)7-6-15-5-2-8-24-15/h1-5,8-9,12H,6-7,10-11H2,(H,19,23). The third-order valence-corrected chi connectivity index (χ3v) is 5.62. The Morgan fingerprint density at radius 3 is 3.04 bits per heavy atom. The van der Waals surface area contributed by atoms with Crippen LogP contribution in [0.5, 0.6) is 0 Å². The van der Waals surface area contributed by atoms with Gasteiger partial charge < -0.3 is 9.88 Å². The smallest absolute Gasteiger partial charge is 0.230 e. The first kappa shape index (κ1) is 18.0. The van der Waals surface area contributed by atoms with Gasteiger partial charge in [-0.2, -0.15) is 0 Å². The first-order valence-electron chi connectivity index (χ1n) is 7.75. The second-order valence-corrected chi connectivity index (χ2v) is 7.74. The summed E-state index contributed by atoms with van der Waals surface area (Å²) >= 11 is 9.07. The number of hydrogen-bond acceptors (Lipinski definition) is 5. The maximum Gasteiger partial charge on any atom is 0.230 e. The predicted molar refractivity (Wildman–Crippen MR) is 102 cm³/mol. The predicted octanol–water partition coefficient (Wildman–Crippen LogP) is 3.64. The number of hydrogen-bond donors (Lipinski definition) is 1. The summed E-state index contributed by atoms with van der Waals surface area (Å²) in [6.07, 6.45) is 2.64. The van der Waals surface area contributed by atoms with E-state index in [1.165, 1.54) is 16.6 Å². The van der Waals surface area contributed by atoms with Crippen molar-refractivity contribution in [2.45, 2.75) is 24.7 Å². The molecule has 5 nitrogen and oxygen atoms in total. The molecule has 0 radical (unpaired) electrons. The fourth-order valence-corrected chi connectivity index (χ4v) is 3.91. The van der Waals surface area contributed by atoms with Crippen LogP contribution in [-0.2, 0) is 24.3 Å². The third-order valence-electron chi connectivity index (χ3n) is 3.47. The zero-order chi connectivity index (χ0) is 17.5. The van der Waals surface area contributed by atoms with Crippen molar-refractivity contribution in [2.24, 2.45) is 0 Å². The third kappa shape index (κ3) is 5.59. The van der Waals surface area contributed by atoms with Crippen LogP contribution in [0.4, 0.5) is 0 Å². The van der Waals surface area contributed by atoms with Gasteiger partial charge in [-0.3, -0.25) is 4.79 Å². The molecule has 0 fully saturated rings. The maximum atomic E-state index is 12.0. The minimum atomic E-state index is -0.0437. The minimum absolute atomic E-state index is 0.0437. The second kappa shape index (κ2) is 9.03. The Bertz CT molecular complexity index is 820. The monoisotopic (exact) mass is 392 g/mol. The van der Waals surface area contributed by atoms with Gasteiger partial charge in [0.15, 0.2) is 5.16 Å². The molecule has 0 aliphatic rings. The molecule has 1 N–H and O–H groups in total. The Kier molecular flexibility index (Phi) is 6.49. The molecule has 130 valence electrons. The van der Waals surface area contributed by atoms with Crippen molar-refractivity contribution in [3.63, 3.8) is 0 Å². The number of benzene rings is 1. The number of thiophene rings is 1. The Morgan fingerprint density at radius 1 is 1.32 bits per heavy atom. The Morgan fingerprint density at radius 2 is 2.24 bits per heavy atom. The number of amides is 1. The molecule has 0 atom stereocenters. The van der Waals surface area contributed by atoms with Gasteiger partial charge >= 0.3 is 0 Å². The quantitative estimate of drug-likeness (QED) is 0.594. The number of nitrogens with one attached hydrogen (secondary N) is 1. The maximum absolute atomic E-state index is 12.0. The summed E-state index contributed by atoms with van der Waals surface area (Å²) in [7, 11) is 0. The number of aryl methyl sites for hydroxylation is 2. The summed E-state index contributed by atoms with van der Waals surface area (Å²) in [6.45, 7) is 1.27. The number of carbonyl (C=O) groups excluding carboxylic acids is 1. The highest BCUT2D eigenvalue weighted by Gasteiger charge is 2.09. The van der Waals surface area contributed by atoms with Crippen LogP contribution < -0.4 is 5.32 Å². The lowest BCUT2D eigenvalue weighted by Gasteiger charge is -2.07. The lowest BCUT2D eigenvalue weighted by Crippen LogP contribution is -2.24. The number of carbonyl (C=O) groups is 1. The topological polar surface area (TPSA) is 59.8 Å². The Hall–Kier alpha value is -1.83. The molecule has 3 rings (SSSR count). The molecule has 25 heavy (non-hydrogen) atoms. The molecule has 1 amide bonds. The van der Waals surface area contributed by atoms with Crippen LogP contribution >= 0.6 is 34.7 Å². The molecule has 2 aromatic heterocycles. The molecule has 3 aromatic rings. The molecule has 0 unspecified atom stereocenters. The zero-order valence-electron chi connectivity index (χ0n) is 13.4. The van der Waals surface area contributed by atoms with Crippen LogP contribution in [-0.4, -0.2) is 26.4 Å².